The van der Waals surface area contributed by atoms with E-state index in [4.69, 9.17) is 0 Å². The van der Waals surface area contributed by atoms with Crippen LogP contribution in [0.25, 0.3) is 0 Å². The summed E-state index contributed by atoms with van der Waals surface area (Å²) in [4.78, 5) is 2.63. The smallest absolute Gasteiger partial charge is 0.0192 e. The van der Waals surface area contributed by atoms with Gasteiger partial charge in [0.1, 0.15) is 0 Å². The van der Waals surface area contributed by atoms with Gasteiger partial charge in [-0.05, 0) is 68.2 Å². The van der Waals surface area contributed by atoms with E-state index in [1.54, 1.807) is 11.3 Å². The molecule has 1 unspecified atom stereocenters. The van der Waals surface area contributed by atoms with Crippen LogP contribution in [0, 0.1) is 0 Å². The molecule has 3 heteroatoms. The quantitative estimate of drug-likeness (QED) is 0.783. The first kappa shape index (κ1) is 13.1. The number of nitrogens with one attached hydrogen (secondary N) is 1. The lowest BCUT2D eigenvalue weighted by atomic mass is 10.1. The molecule has 0 amide bonds. The Bertz CT molecular complexity index is 291. The van der Waals surface area contributed by atoms with Gasteiger partial charge >= 0.3 is 0 Å². The van der Waals surface area contributed by atoms with Crippen molar-refractivity contribution in [1.29, 1.82) is 0 Å². The van der Waals surface area contributed by atoms with Gasteiger partial charge in [0.15, 0.2) is 0 Å². The van der Waals surface area contributed by atoms with Gasteiger partial charge in [-0.15, -0.1) is 0 Å². The van der Waals surface area contributed by atoms with Crippen LogP contribution in [0.1, 0.15) is 31.7 Å². The monoisotopic (exact) mass is 252 g/mol. The fourth-order valence-electron chi connectivity index (χ4n) is 2.47. The van der Waals surface area contributed by atoms with Gasteiger partial charge in [-0.3, -0.25) is 4.90 Å². The van der Waals surface area contributed by atoms with E-state index in [1.807, 2.05) is 0 Å². The van der Waals surface area contributed by atoms with Crippen molar-refractivity contribution in [3.8, 4) is 0 Å². The van der Waals surface area contributed by atoms with Gasteiger partial charge in [-0.25, -0.2) is 0 Å². The summed E-state index contributed by atoms with van der Waals surface area (Å²) in [6.07, 6.45) is 5.36. The van der Waals surface area contributed by atoms with E-state index in [0.717, 1.165) is 19.5 Å². The molecular weight excluding hydrogens is 228 g/mol. The molecule has 0 radical (unpaired) electrons. The zero-order valence-electron chi connectivity index (χ0n) is 10.8. The number of hydrogen-bond donors (Lipinski definition) is 1. The summed E-state index contributed by atoms with van der Waals surface area (Å²) in [5, 5.41) is 7.99. The predicted octanol–water partition coefficient (Wildman–Crippen LogP) is 2.75. The summed E-state index contributed by atoms with van der Waals surface area (Å²) in [6.45, 7) is 7.18. The predicted molar refractivity (Wildman–Crippen MR) is 75.8 cm³/mol. The molecule has 1 atom stereocenters. The van der Waals surface area contributed by atoms with Crippen molar-refractivity contribution >= 4 is 11.3 Å². The Labute approximate surface area is 109 Å². The van der Waals surface area contributed by atoms with Crippen LogP contribution in [-0.4, -0.2) is 37.1 Å². The minimum absolute atomic E-state index is 0.692. The molecule has 0 saturated carbocycles. The first-order valence-electron chi connectivity index (χ1n) is 6.82. The molecule has 0 aromatic carbocycles. The summed E-state index contributed by atoms with van der Waals surface area (Å²) >= 11 is 1.79. The van der Waals surface area contributed by atoms with E-state index in [-0.39, 0.29) is 0 Å². The number of piperidine rings is 1. The maximum absolute atomic E-state index is 3.58. The zero-order valence-corrected chi connectivity index (χ0v) is 11.6. The van der Waals surface area contributed by atoms with Gasteiger partial charge < -0.3 is 5.32 Å². The molecule has 2 heterocycles. The van der Waals surface area contributed by atoms with Crippen molar-refractivity contribution in [2.45, 2.75) is 38.6 Å². The molecule has 0 spiro atoms. The Morgan fingerprint density at radius 3 is 2.88 bits per heavy atom. The lowest BCUT2D eigenvalue weighted by molar-refractivity contribution is 0.171. The van der Waals surface area contributed by atoms with E-state index >= 15 is 0 Å². The highest BCUT2D eigenvalue weighted by Gasteiger charge is 2.15. The zero-order chi connectivity index (χ0) is 11.9. The Balaban J connectivity index is 1.57. The first-order valence-corrected chi connectivity index (χ1v) is 7.76. The average molecular weight is 252 g/mol. The fraction of sp³-hybridized carbons (Fsp3) is 0.714. The third kappa shape index (κ3) is 4.41. The lowest BCUT2D eigenvalue weighted by Gasteiger charge is -2.32. The molecule has 1 fully saturated rings. The number of nitrogens with zero attached hydrogens (tertiary/aromatic N) is 1. The number of hydrogen-bond acceptors (Lipinski definition) is 3. The van der Waals surface area contributed by atoms with Crippen LogP contribution < -0.4 is 5.32 Å². The minimum Gasteiger partial charge on any atom is -0.315 e. The largest absolute Gasteiger partial charge is 0.315 e. The summed E-state index contributed by atoms with van der Waals surface area (Å²) in [5.74, 6) is 0. The fourth-order valence-corrected chi connectivity index (χ4v) is 3.17. The highest BCUT2D eigenvalue weighted by molar-refractivity contribution is 7.07. The van der Waals surface area contributed by atoms with Gasteiger partial charge in [-0.2, -0.15) is 11.3 Å². The summed E-state index contributed by atoms with van der Waals surface area (Å²) in [5.41, 5.74) is 1.47. The first-order chi connectivity index (χ1) is 8.36. The van der Waals surface area contributed by atoms with Crippen LogP contribution >= 0.6 is 11.3 Å². The number of rotatable bonds is 6. The van der Waals surface area contributed by atoms with Gasteiger partial charge in [0.25, 0.3) is 0 Å². The van der Waals surface area contributed by atoms with E-state index in [9.17, 15) is 0 Å². The molecule has 0 bridgehead atoms. The standard InChI is InChI=1S/C14H24N2S/c1-13(16-8-3-2-4-9-16)11-15-7-5-14-6-10-17-12-14/h6,10,12-13,15H,2-5,7-9,11H2,1H3. The Morgan fingerprint density at radius 2 is 2.18 bits per heavy atom. The normalized spacial score (nSPS) is 19.4. The van der Waals surface area contributed by atoms with Gasteiger partial charge in [0.2, 0.25) is 0 Å². The van der Waals surface area contributed by atoms with Crippen LogP contribution in [0.5, 0.6) is 0 Å². The SMILES string of the molecule is CC(CNCCc1ccsc1)N1CCCCC1. The third-order valence-corrected chi connectivity index (χ3v) is 4.36. The Kier molecular flexibility index (Phi) is 5.49. The van der Waals surface area contributed by atoms with Crippen LogP contribution in [-0.2, 0) is 6.42 Å². The molecule has 1 aliphatic heterocycles. The van der Waals surface area contributed by atoms with Crippen LogP contribution in [0.4, 0.5) is 0 Å². The van der Waals surface area contributed by atoms with Gasteiger partial charge in [-0.1, -0.05) is 6.42 Å². The molecule has 1 aromatic heterocycles. The van der Waals surface area contributed by atoms with E-state index in [1.165, 1.54) is 37.9 Å². The van der Waals surface area contributed by atoms with E-state index < -0.39 is 0 Å². The summed E-state index contributed by atoms with van der Waals surface area (Å²) in [6, 6.07) is 2.92. The van der Waals surface area contributed by atoms with Crippen LogP contribution in [0.3, 0.4) is 0 Å². The minimum atomic E-state index is 0.692. The molecule has 1 N–H and O–H groups in total. The van der Waals surface area contributed by atoms with E-state index in [2.05, 4.69) is 34.0 Å². The van der Waals surface area contributed by atoms with Crippen molar-refractivity contribution in [1.82, 2.24) is 10.2 Å². The number of thiophene rings is 1. The molecule has 2 rings (SSSR count). The van der Waals surface area contributed by atoms with Crippen molar-refractivity contribution in [2.75, 3.05) is 26.2 Å². The van der Waals surface area contributed by atoms with Crippen molar-refractivity contribution in [3.63, 3.8) is 0 Å². The Morgan fingerprint density at radius 1 is 1.35 bits per heavy atom. The van der Waals surface area contributed by atoms with Crippen molar-refractivity contribution < 1.29 is 0 Å². The molecule has 1 saturated heterocycles. The summed E-state index contributed by atoms with van der Waals surface area (Å²) < 4.78 is 0. The maximum atomic E-state index is 3.58. The molecule has 17 heavy (non-hydrogen) atoms. The highest BCUT2D eigenvalue weighted by Crippen LogP contribution is 2.11. The molecule has 1 aliphatic rings. The van der Waals surface area contributed by atoms with Gasteiger partial charge in [0, 0.05) is 12.6 Å². The maximum Gasteiger partial charge on any atom is 0.0192 e. The second-order valence-corrected chi connectivity index (χ2v) is 5.81. The second-order valence-electron chi connectivity index (χ2n) is 5.03. The third-order valence-electron chi connectivity index (χ3n) is 3.62. The molecule has 96 valence electrons. The lowest BCUT2D eigenvalue weighted by Crippen LogP contribution is -2.43. The van der Waals surface area contributed by atoms with Crippen molar-refractivity contribution in [2.24, 2.45) is 0 Å². The molecule has 2 nitrogen and oxygen atoms in total. The van der Waals surface area contributed by atoms with Gasteiger partial charge in [0.05, 0.1) is 0 Å². The molecular formula is C14H24N2S. The van der Waals surface area contributed by atoms with Crippen LogP contribution in [0.15, 0.2) is 16.8 Å². The second kappa shape index (κ2) is 7.14. The van der Waals surface area contributed by atoms with Crippen molar-refractivity contribution in [3.05, 3.63) is 22.4 Å². The Hall–Kier alpha value is -0.380. The average Bonchev–Trinajstić information content (AvgIpc) is 2.88. The summed E-state index contributed by atoms with van der Waals surface area (Å²) in [7, 11) is 0. The molecule has 1 aromatic rings. The highest BCUT2D eigenvalue weighted by atomic mass is 32.1. The van der Waals surface area contributed by atoms with Crippen LogP contribution in [0.2, 0.25) is 0 Å². The number of likely N-dealkylation sites (tertiary alicyclic amines) is 1. The van der Waals surface area contributed by atoms with E-state index in [0.29, 0.717) is 6.04 Å². The molecule has 0 aliphatic carbocycles. The topological polar surface area (TPSA) is 15.3 Å².